The van der Waals surface area contributed by atoms with Gasteiger partial charge in [0.15, 0.2) is 0 Å². The molecule has 0 spiro atoms. The zero-order chi connectivity index (χ0) is 21.1. The second-order valence-corrected chi connectivity index (χ2v) is 6.28. The van der Waals surface area contributed by atoms with E-state index in [1.54, 1.807) is 0 Å². The van der Waals surface area contributed by atoms with Crippen molar-refractivity contribution in [2.45, 2.75) is 25.9 Å². The van der Waals surface area contributed by atoms with E-state index in [1.807, 2.05) is 0 Å². The molecule has 1 aliphatic heterocycles. The molecule has 0 aliphatic carbocycles. The monoisotopic (exact) mass is 400 g/mol. The third-order valence-corrected chi connectivity index (χ3v) is 3.95. The van der Waals surface area contributed by atoms with Crippen molar-refractivity contribution in [3.63, 3.8) is 0 Å². The number of hydrogen-bond acceptors (Lipinski definition) is 4. The highest BCUT2D eigenvalue weighted by Crippen LogP contribution is 2.34. The summed E-state index contributed by atoms with van der Waals surface area (Å²) in [5.41, 5.74) is -1.14. The van der Waals surface area contributed by atoms with E-state index in [0.717, 1.165) is 23.1 Å². The lowest BCUT2D eigenvalue weighted by atomic mass is 10.1. The van der Waals surface area contributed by atoms with Crippen LogP contribution in [0.3, 0.4) is 0 Å². The minimum absolute atomic E-state index is 0.0244. The largest absolute Gasteiger partial charge is 0.416 e. The predicted octanol–water partition coefficient (Wildman–Crippen LogP) is 2.28. The molecule has 0 atom stereocenters. The standard InChI is InChI=1S/C17H19F3N4O4/c1-10(25)21-12-6-5-11(17(18,19)20)8-13(12)22-14(26)4-3-7-24-15(27)9-23(2)16(24)28/h5-6,8H,3-4,7,9H2,1-2H3,(H,21,25)(H,22,26). The van der Waals surface area contributed by atoms with Crippen LogP contribution in [0.15, 0.2) is 18.2 Å². The average molecular weight is 400 g/mol. The zero-order valence-electron chi connectivity index (χ0n) is 15.2. The van der Waals surface area contributed by atoms with E-state index in [0.29, 0.717) is 0 Å². The summed E-state index contributed by atoms with van der Waals surface area (Å²) < 4.78 is 38.7. The maximum atomic E-state index is 12.9. The summed E-state index contributed by atoms with van der Waals surface area (Å²) in [7, 11) is 1.48. The van der Waals surface area contributed by atoms with Crippen LogP contribution < -0.4 is 10.6 Å². The van der Waals surface area contributed by atoms with Gasteiger partial charge in [0.2, 0.25) is 17.7 Å². The van der Waals surface area contributed by atoms with Crippen LogP contribution in [-0.4, -0.2) is 53.7 Å². The van der Waals surface area contributed by atoms with Gasteiger partial charge in [-0.1, -0.05) is 0 Å². The lowest BCUT2D eigenvalue weighted by Crippen LogP contribution is -2.33. The van der Waals surface area contributed by atoms with Crippen LogP contribution in [0, 0.1) is 0 Å². The van der Waals surface area contributed by atoms with Crippen LogP contribution >= 0.6 is 0 Å². The molecular formula is C17H19F3N4O4. The van der Waals surface area contributed by atoms with Gasteiger partial charge < -0.3 is 15.5 Å². The fraction of sp³-hybridized carbons (Fsp3) is 0.412. The van der Waals surface area contributed by atoms with Gasteiger partial charge in [-0.2, -0.15) is 13.2 Å². The van der Waals surface area contributed by atoms with E-state index in [-0.39, 0.29) is 43.2 Å². The van der Waals surface area contributed by atoms with Crippen molar-refractivity contribution in [1.29, 1.82) is 0 Å². The van der Waals surface area contributed by atoms with Gasteiger partial charge in [-0.25, -0.2) is 4.79 Å². The molecule has 5 amide bonds. The molecule has 1 aliphatic rings. The fourth-order valence-electron chi connectivity index (χ4n) is 2.62. The van der Waals surface area contributed by atoms with Gasteiger partial charge in [-0.3, -0.25) is 19.3 Å². The molecule has 0 radical (unpaired) electrons. The Hall–Kier alpha value is -3.11. The number of halogens is 3. The summed E-state index contributed by atoms with van der Waals surface area (Å²) in [5, 5.41) is 4.68. The Kier molecular flexibility index (Phi) is 6.26. The summed E-state index contributed by atoms with van der Waals surface area (Å²) in [6, 6.07) is 2.11. The fourth-order valence-corrected chi connectivity index (χ4v) is 2.62. The highest BCUT2D eigenvalue weighted by atomic mass is 19.4. The van der Waals surface area contributed by atoms with E-state index < -0.39 is 29.6 Å². The number of imide groups is 1. The van der Waals surface area contributed by atoms with Crippen molar-refractivity contribution in [2.24, 2.45) is 0 Å². The second-order valence-electron chi connectivity index (χ2n) is 6.28. The van der Waals surface area contributed by atoms with Crippen LogP contribution in [0.25, 0.3) is 0 Å². The molecule has 8 nitrogen and oxygen atoms in total. The molecule has 2 N–H and O–H groups in total. The second kappa shape index (κ2) is 8.28. The smallest absolute Gasteiger partial charge is 0.325 e. The number of alkyl halides is 3. The minimum Gasteiger partial charge on any atom is -0.325 e. The van der Waals surface area contributed by atoms with Crippen LogP contribution in [0.4, 0.5) is 29.3 Å². The topological polar surface area (TPSA) is 98.8 Å². The molecule has 0 unspecified atom stereocenters. The first-order chi connectivity index (χ1) is 13.0. The molecule has 1 saturated heterocycles. The highest BCUT2D eigenvalue weighted by Gasteiger charge is 2.33. The van der Waals surface area contributed by atoms with Crippen molar-refractivity contribution >= 4 is 35.1 Å². The normalized spacial score (nSPS) is 14.5. The molecule has 1 heterocycles. The lowest BCUT2D eigenvalue weighted by molar-refractivity contribution is -0.137. The molecule has 1 fully saturated rings. The van der Waals surface area contributed by atoms with Crippen molar-refractivity contribution in [2.75, 3.05) is 30.8 Å². The molecule has 0 aromatic heterocycles. The van der Waals surface area contributed by atoms with Crippen molar-refractivity contribution in [3.05, 3.63) is 23.8 Å². The quantitative estimate of drug-likeness (QED) is 0.716. The van der Waals surface area contributed by atoms with Gasteiger partial charge >= 0.3 is 12.2 Å². The lowest BCUT2D eigenvalue weighted by Gasteiger charge is -2.16. The summed E-state index contributed by atoms with van der Waals surface area (Å²) in [6.07, 6.45) is -4.60. The third-order valence-electron chi connectivity index (χ3n) is 3.95. The number of carbonyl (C=O) groups excluding carboxylic acids is 4. The highest BCUT2D eigenvalue weighted by molar-refractivity contribution is 6.02. The summed E-state index contributed by atoms with van der Waals surface area (Å²) in [5.74, 6) is -1.50. The molecule has 0 saturated carbocycles. The van der Waals surface area contributed by atoms with Gasteiger partial charge in [-0.05, 0) is 24.6 Å². The number of nitrogens with zero attached hydrogens (tertiary/aromatic N) is 2. The van der Waals surface area contributed by atoms with Gasteiger partial charge in [0.25, 0.3) is 0 Å². The van der Waals surface area contributed by atoms with Gasteiger partial charge in [-0.15, -0.1) is 0 Å². The number of urea groups is 1. The minimum atomic E-state index is -4.61. The molecule has 28 heavy (non-hydrogen) atoms. The van der Waals surface area contributed by atoms with E-state index in [1.165, 1.54) is 18.9 Å². The third kappa shape index (κ3) is 5.21. The Morgan fingerprint density at radius 1 is 1.14 bits per heavy atom. The van der Waals surface area contributed by atoms with Gasteiger partial charge in [0, 0.05) is 26.9 Å². The van der Waals surface area contributed by atoms with E-state index >= 15 is 0 Å². The number of amides is 5. The molecule has 1 aromatic carbocycles. The van der Waals surface area contributed by atoms with Crippen LogP contribution in [0.2, 0.25) is 0 Å². The number of benzene rings is 1. The van der Waals surface area contributed by atoms with E-state index in [9.17, 15) is 32.3 Å². The maximum absolute atomic E-state index is 12.9. The van der Waals surface area contributed by atoms with Gasteiger partial charge in [0.05, 0.1) is 16.9 Å². The number of carbonyl (C=O) groups is 4. The maximum Gasteiger partial charge on any atom is 0.416 e. The van der Waals surface area contributed by atoms with E-state index in [2.05, 4.69) is 10.6 Å². The summed E-state index contributed by atoms with van der Waals surface area (Å²) in [4.78, 5) is 49.0. The summed E-state index contributed by atoms with van der Waals surface area (Å²) in [6.45, 7) is 1.18. The Morgan fingerprint density at radius 3 is 2.36 bits per heavy atom. The number of nitrogens with one attached hydrogen (secondary N) is 2. The number of hydrogen-bond donors (Lipinski definition) is 2. The molecule has 2 rings (SSSR count). The Balaban J connectivity index is 2.02. The Labute approximate surface area is 158 Å². The Bertz CT molecular complexity index is 810. The number of rotatable bonds is 6. The number of anilines is 2. The molecule has 1 aromatic rings. The first-order valence-electron chi connectivity index (χ1n) is 8.33. The first-order valence-corrected chi connectivity index (χ1v) is 8.33. The van der Waals surface area contributed by atoms with Crippen molar-refractivity contribution < 1.29 is 32.3 Å². The zero-order valence-corrected chi connectivity index (χ0v) is 15.2. The molecule has 152 valence electrons. The van der Waals surface area contributed by atoms with Crippen molar-refractivity contribution in [1.82, 2.24) is 9.80 Å². The van der Waals surface area contributed by atoms with E-state index in [4.69, 9.17) is 0 Å². The van der Waals surface area contributed by atoms with Gasteiger partial charge in [0.1, 0.15) is 6.54 Å². The number of likely N-dealkylation sites (N-methyl/N-ethyl adjacent to an activating group) is 1. The van der Waals surface area contributed by atoms with Crippen LogP contribution in [0.5, 0.6) is 0 Å². The molecule has 11 heteroatoms. The molecule has 0 bridgehead atoms. The first kappa shape index (κ1) is 21.2. The van der Waals surface area contributed by atoms with Crippen molar-refractivity contribution in [3.8, 4) is 0 Å². The SMILES string of the molecule is CC(=O)Nc1ccc(C(F)(F)F)cc1NC(=O)CCCN1C(=O)CN(C)C1=O. The van der Waals surface area contributed by atoms with Crippen LogP contribution in [0.1, 0.15) is 25.3 Å². The molecular weight excluding hydrogens is 381 g/mol. The predicted molar refractivity (Wildman–Crippen MR) is 93.4 cm³/mol. The summed E-state index contributed by atoms with van der Waals surface area (Å²) >= 11 is 0. The average Bonchev–Trinajstić information content (AvgIpc) is 2.81. The Morgan fingerprint density at radius 2 is 1.82 bits per heavy atom. The van der Waals surface area contributed by atoms with Crippen LogP contribution in [-0.2, 0) is 20.6 Å².